The van der Waals surface area contributed by atoms with E-state index in [1.807, 2.05) is 30.3 Å². The molecule has 0 bridgehead atoms. The second-order valence-electron chi connectivity index (χ2n) is 5.08. The molecule has 0 aliphatic heterocycles. The Morgan fingerprint density at radius 2 is 1.78 bits per heavy atom. The Kier molecular flexibility index (Phi) is 4.17. The number of carbonyl (C=O) groups is 2. The van der Waals surface area contributed by atoms with Crippen molar-refractivity contribution in [3.05, 3.63) is 70.9 Å². The van der Waals surface area contributed by atoms with E-state index in [2.05, 4.69) is 0 Å². The second kappa shape index (κ2) is 6.26. The van der Waals surface area contributed by atoms with Crippen LogP contribution in [0.3, 0.4) is 0 Å². The first-order valence-corrected chi connectivity index (χ1v) is 7.44. The van der Waals surface area contributed by atoms with Crippen molar-refractivity contribution in [2.24, 2.45) is 0 Å². The summed E-state index contributed by atoms with van der Waals surface area (Å²) in [5, 5.41) is 1.23. The largest absolute Gasteiger partial charge is 0.465 e. The Labute approximate surface area is 138 Å². The van der Waals surface area contributed by atoms with E-state index in [1.54, 1.807) is 18.2 Å². The number of ether oxygens (including phenoxy) is 1. The number of nitrogens with zero attached hydrogens (tertiary/aromatic N) is 1. The number of para-hydroxylation sites is 1. The van der Waals surface area contributed by atoms with Crippen molar-refractivity contribution >= 4 is 34.4 Å². The molecule has 3 rings (SSSR count). The fourth-order valence-corrected chi connectivity index (χ4v) is 2.75. The first-order chi connectivity index (χ1) is 11.1. The highest BCUT2D eigenvalue weighted by molar-refractivity contribution is 6.31. The predicted molar refractivity (Wildman–Crippen MR) is 89.1 cm³/mol. The molecule has 0 amide bonds. The van der Waals surface area contributed by atoms with Crippen LogP contribution in [-0.4, -0.2) is 23.6 Å². The quantitative estimate of drug-likeness (QED) is 0.684. The highest BCUT2D eigenvalue weighted by Crippen LogP contribution is 2.23. The van der Waals surface area contributed by atoms with Crippen LogP contribution in [0.25, 0.3) is 10.9 Å². The molecule has 1 heterocycles. The number of hydrogen-bond donors (Lipinski definition) is 0. The summed E-state index contributed by atoms with van der Waals surface area (Å²) in [5.41, 5.74) is 1.79. The summed E-state index contributed by atoms with van der Waals surface area (Å²) in [7, 11) is 1.32. The standard InChI is InChI=1S/C18H14ClNO3/c1-23-18(22)14-11-20(16-9-5-3-7-13(14)16)17(21)10-12-6-2-4-8-15(12)19/h2-9,11H,10H2,1H3. The fraction of sp³-hybridized carbons (Fsp3) is 0.111. The van der Waals surface area contributed by atoms with Gasteiger partial charge in [-0.05, 0) is 17.7 Å². The highest BCUT2D eigenvalue weighted by Gasteiger charge is 2.19. The molecule has 1 aromatic heterocycles. The van der Waals surface area contributed by atoms with Gasteiger partial charge in [-0.2, -0.15) is 0 Å². The van der Waals surface area contributed by atoms with Crippen molar-refractivity contribution < 1.29 is 14.3 Å². The zero-order valence-corrected chi connectivity index (χ0v) is 13.2. The Morgan fingerprint density at radius 1 is 1.09 bits per heavy atom. The summed E-state index contributed by atoms with van der Waals surface area (Å²) in [4.78, 5) is 24.6. The van der Waals surface area contributed by atoms with Gasteiger partial charge in [0.05, 0.1) is 24.6 Å². The molecule has 3 aromatic rings. The van der Waals surface area contributed by atoms with E-state index in [0.29, 0.717) is 21.5 Å². The van der Waals surface area contributed by atoms with Crippen molar-refractivity contribution in [1.29, 1.82) is 0 Å². The van der Waals surface area contributed by atoms with E-state index in [9.17, 15) is 9.59 Å². The van der Waals surface area contributed by atoms with Gasteiger partial charge < -0.3 is 4.74 Å². The average Bonchev–Trinajstić information content (AvgIpc) is 2.96. The molecule has 0 N–H and O–H groups in total. The molecule has 23 heavy (non-hydrogen) atoms. The molecule has 5 heteroatoms. The Morgan fingerprint density at radius 3 is 2.52 bits per heavy atom. The lowest BCUT2D eigenvalue weighted by Crippen LogP contribution is -2.13. The van der Waals surface area contributed by atoms with Crippen molar-refractivity contribution in [1.82, 2.24) is 4.57 Å². The van der Waals surface area contributed by atoms with Crippen LogP contribution in [0.2, 0.25) is 5.02 Å². The van der Waals surface area contributed by atoms with Gasteiger partial charge in [0.25, 0.3) is 0 Å². The lowest BCUT2D eigenvalue weighted by Gasteiger charge is -2.05. The fourth-order valence-electron chi connectivity index (χ4n) is 2.55. The monoisotopic (exact) mass is 327 g/mol. The Hall–Kier alpha value is -2.59. The summed E-state index contributed by atoms with van der Waals surface area (Å²) in [6.07, 6.45) is 1.68. The molecule has 0 aliphatic rings. The topological polar surface area (TPSA) is 48.3 Å². The number of carbonyl (C=O) groups excluding carboxylic acids is 2. The van der Waals surface area contributed by atoms with E-state index >= 15 is 0 Å². The minimum atomic E-state index is -0.467. The van der Waals surface area contributed by atoms with Crippen LogP contribution < -0.4 is 0 Å². The van der Waals surface area contributed by atoms with Crippen LogP contribution in [0.4, 0.5) is 0 Å². The summed E-state index contributed by atoms with van der Waals surface area (Å²) in [6, 6.07) is 14.4. The van der Waals surface area contributed by atoms with Crippen LogP contribution >= 0.6 is 11.6 Å². The molecule has 116 valence electrons. The molecule has 0 aliphatic carbocycles. The van der Waals surface area contributed by atoms with E-state index in [4.69, 9.17) is 16.3 Å². The number of aromatic nitrogens is 1. The molecule has 2 aromatic carbocycles. The third-order valence-electron chi connectivity index (χ3n) is 3.69. The van der Waals surface area contributed by atoms with Crippen LogP contribution in [0.5, 0.6) is 0 Å². The van der Waals surface area contributed by atoms with Crippen molar-refractivity contribution in [3.63, 3.8) is 0 Å². The van der Waals surface area contributed by atoms with Gasteiger partial charge >= 0.3 is 5.97 Å². The molecule has 0 saturated heterocycles. The maximum Gasteiger partial charge on any atom is 0.340 e. The molecule has 0 fully saturated rings. The zero-order chi connectivity index (χ0) is 16.4. The maximum atomic E-state index is 12.7. The molecule has 0 atom stereocenters. The van der Waals surface area contributed by atoms with E-state index < -0.39 is 5.97 Å². The number of hydrogen-bond acceptors (Lipinski definition) is 3. The van der Waals surface area contributed by atoms with E-state index in [0.717, 1.165) is 5.56 Å². The van der Waals surface area contributed by atoms with E-state index in [1.165, 1.54) is 17.9 Å². The Balaban J connectivity index is 2.04. The number of esters is 1. The summed E-state index contributed by atoms with van der Waals surface area (Å²) in [5.74, 6) is -0.630. The normalized spacial score (nSPS) is 10.7. The lowest BCUT2D eigenvalue weighted by atomic mass is 10.1. The van der Waals surface area contributed by atoms with Gasteiger partial charge in [-0.3, -0.25) is 9.36 Å². The maximum absolute atomic E-state index is 12.7. The average molecular weight is 328 g/mol. The van der Waals surface area contributed by atoms with Gasteiger partial charge in [-0.1, -0.05) is 48.0 Å². The molecule has 0 radical (unpaired) electrons. The molecule has 0 saturated carbocycles. The number of methoxy groups -OCH3 is 1. The lowest BCUT2D eigenvalue weighted by molar-refractivity contribution is 0.0603. The summed E-state index contributed by atoms with van der Waals surface area (Å²) >= 11 is 6.12. The van der Waals surface area contributed by atoms with Gasteiger partial charge in [0.15, 0.2) is 0 Å². The smallest absolute Gasteiger partial charge is 0.340 e. The second-order valence-corrected chi connectivity index (χ2v) is 5.49. The third kappa shape index (κ3) is 2.85. The molecular formula is C18H14ClNO3. The van der Waals surface area contributed by atoms with E-state index in [-0.39, 0.29) is 12.3 Å². The van der Waals surface area contributed by atoms with Crippen molar-refractivity contribution in [2.45, 2.75) is 6.42 Å². The number of benzene rings is 2. The van der Waals surface area contributed by atoms with Crippen LogP contribution in [0.1, 0.15) is 20.7 Å². The SMILES string of the molecule is COC(=O)c1cn(C(=O)Cc2ccccc2Cl)c2ccccc12. The first kappa shape index (κ1) is 15.3. The number of halogens is 1. The summed E-state index contributed by atoms with van der Waals surface area (Å²) < 4.78 is 6.27. The predicted octanol–water partition coefficient (Wildman–Crippen LogP) is 3.96. The number of rotatable bonds is 3. The molecule has 0 spiro atoms. The van der Waals surface area contributed by atoms with Crippen molar-refractivity contribution in [3.8, 4) is 0 Å². The van der Waals surface area contributed by atoms with Gasteiger partial charge in [0.2, 0.25) is 5.91 Å². The van der Waals surface area contributed by atoms with Gasteiger partial charge in [0.1, 0.15) is 0 Å². The highest BCUT2D eigenvalue weighted by atomic mass is 35.5. The van der Waals surface area contributed by atoms with Crippen LogP contribution in [0.15, 0.2) is 54.7 Å². The van der Waals surface area contributed by atoms with Gasteiger partial charge in [0, 0.05) is 16.6 Å². The number of fused-ring (bicyclic) bond motifs is 1. The minimum absolute atomic E-state index is 0.152. The van der Waals surface area contributed by atoms with Crippen molar-refractivity contribution in [2.75, 3.05) is 7.11 Å². The third-order valence-corrected chi connectivity index (χ3v) is 4.05. The van der Waals surface area contributed by atoms with Crippen LogP contribution in [-0.2, 0) is 11.2 Å². The van der Waals surface area contributed by atoms with Crippen LogP contribution in [0, 0.1) is 0 Å². The zero-order valence-electron chi connectivity index (χ0n) is 12.5. The minimum Gasteiger partial charge on any atom is -0.465 e. The summed E-state index contributed by atoms with van der Waals surface area (Å²) in [6.45, 7) is 0. The first-order valence-electron chi connectivity index (χ1n) is 7.07. The van der Waals surface area contributed by atoms with Gasteiger partial charge in [-0.15, -0.1) is 0 Å². The Bertz CT molecular complexity index is 898. The molecule has 0 unspecified atom stereocenters. The van der Waals surface area contributed by atoms with Gasteiger partial charge in [-0.25, -0.2) is 4.79 Å². The molecular weight excluding hydrogens is 314 g/mol. The molecule has 4 nitrogen and oxygen atoms in total.